The lowest BCUT2D eigenvalue weighted by Crippen LogP contribution is -2.26. The van der Waals surface area contributed by atoms with Gasteiger partial charge >= 0.3 is 0 Å². The quantitative estimate of drug-likeness (QED) is 0.733. The van der Waals surface area contributed by atoms with Crippen LogP contribution in [0.5, 0.6) is 0 Å². The number of likely N-dealkylation sites (tertiary alicyclic amines) is 1. The van der Waals surface area contributed by atoms with Crippen molar-refractivity contribution in [3.05, 3.63) is 77.5 Å². The Morgan fingerprint density at radius 1 is 1.11 bits per heavy atom. The molecular weight excluding hydrogens is 338 g/mol. The van der Waals surface area contributed by atoms with Crippen LogP contribution in [0.2, 0.25) is 0 Å². The van der Waals surface area contributed by atoms with E-state index in [2.05, 4.69) is 21.3 Å². The van der Waals surface area contributed by atoms with Gasteiger partial charge in [-0.05, 0) is 29.7 Å². The first-order valence-corrected chi connectivity index (χ1v) is 9.30. The van der Waals surface area contributed by atoms with Crippen molar-refractivity contribution in [2.45, 2.75) is 25.6 Å². The van der Waals surface area contributed by atoms with Crippen molar-refractivity contribution < 1.29 is 9.90 Å². The van der Waals surface area contributed by atoms with Crippen LogP contribution in [0.3, 0.4) is 0 Å². The van der Waals surface area contributed by atoms with Gasteiger partial charge in [0, 0.05) is 37.8 Å². The number of carbonyl (C=O) groups excluding carboxylic acids is 1. The van der Waals surface area contributed by atoms with E-state index < -0.39 is 0 Å². The summed E-state index contributed by atoms with van der Waals surface area (Å²) in [5.41, 5.74) is 3.75. The highest BCUT2D eigenvalue weighted by molar-refractivity contribution is 6.05. The van der Waals surface area contributed by atoms with E-state index in [4.69, 9.17) is 0 Å². The molecule has 0 bridgehead atoms. The third-order valence-electron chi connectivity index (χ3n) is 5.09. The Balaban J connectivity index is 1.48. The molecule has 0 saturated carbocycles. The Bertz CT molecular complexity index is 952. The highest BCUT2D eigenvalue weighted by atomic mass is 16.3. The van der Waals surface area contributed by atoms with Crippen molar-refractivity contribution in [1.29, 1.82) is 0 Å². The molecule has 1 aliphatic rings. The Morgan fingerprint density at radius 2 is 1.89 bits per heavy atom. The number of pyridine rings is 1. The molecule has 1 saturated heterocycles. The van der Waals surface area contributed by atoms with E-state index in [1.807, 2.05) is 42.5 Å². The van der Waals surface area contributed by atoms with Gasteiger partial charge in [-0.15, -0.1) is 0 Å². The Kier molecular flexibility index (Phi) is 5.14. The Hall–Kier alpha value is -2.76. The summed E-state index contributed by atoms with van der Waals surface area (Å²) >= 11 is 0. The van der Waals surface area contributed by atoms with E-state index in [0.717, 1.165) is 36.0 Å². The predicted molar refractivity (Wildman–Crippen MR) is 105 cm³/mol. The van der Waals surface area contributed by atoms with Gasteiger partial charge in [0.2, 0.25) is 0 Å². The lowest BCUT2D eigenvalue weighted by atomic mass is 10.1. The van der Waals surface area contributed by atoms with Gasteiger partial charge in [0.05, 0.1) is 17.2 Å². The number of aliphatic hydroxyl groups excluding tert-OH is 1. The number of amides is 1. The minimum Gasteiger partial charge on any atom is -0.392 e. The summed E-state index contributed by atoms with van der Waals surface area (Å²) in [5.74, 6) is -0.0972. The number of carbonyl (C=O) groups is 1. The van der Waals surface area contributed by atoms with E-state index in [-0.39, 0.29) is 12.0 Å². The summed E-state index contributed by atoms with van der Waals surface area (Å²) in [6.45, 7) is 2.89. The molecule has 5 heteroatoms. The maximum atomic E-state index is 12.7. The smallest absolute Gasteiger partial charge is 0.252 e. The number of nitrogens with zero attached hydrogens (tertiary/aromatic N) is 2. The van der Waals surface area contributed by atoms with E-state index >= 15 is 0 Å². The van der Waals surface area contributed by atoms with E-state index in [1.54, 1.807) is 12.3 Å². The fourth-order valence-corrected chi connectivity index (χ4v) is 3.65. The third-order valence-corrected chi connectivity index (χ3v) is 5.09. The second kappa shape index (κ2) is 7.86. The second-order valence-corrected chi connectivity index (χ2v) is 7.00. The molecule has 5 nitrogen and oxygen atoms in total. The molecule has 0 aliphatic carbocycles. The van der Waals surface area contributed by atoms with Crippen molar-refractivity contribution in [2.24, 2.45) is 0 Å². The van der Waals surface area contributed by atoms with Crippen LogP contribution in [0.4, 0.5) is 0 Å². The number of benzene rings is 2. The van der Waals surface area contributed by atoms with Gasteiger partial charge in [-0.2, -0.15) is 0 Å². The highest BCUT2D eigenvalue weighted by Gasteiger charge is 2.20. The van der Waals surface area contributed by atoms with Gasteiger partial charge in [0.1, 0.15) is 0 Å². The van der Waals surface area contributed by atoms with Gasteiger partial charge in [-0.1, -0.05) is 42.5 Å². The van der Waals surface area contributed by atoms with Gasteiger partial charge in [-0.3, -0.25) is 14.7 Å². The largest absolute Gasteiger partial charge is 0.392 e. The number of aromatic nitrogens is 1. The molecule has 0 spiro atoms. The molecule has 2 aromatic carbocycles. The highest BCUT2D eigenvalue weighted by Crippen LogP contribution is 2.18. The summed E-state index contributed by atoms with van der Waals surface area (Å²) in [6, 6.07) is 17.6. The first-order chi connectivity index (χ1) is 13.2. The minimum atomic E-state index is -0.225. The summed E-state index contributed by atoms with van der Waals surface area (Å²) in [6.07, 6.45) is 2.27. The topological polar surface area (TPSA) is 65.5 Å². The van der Waals surface area contributed by atoms with Crippen LogP contribution in [-0.4, -0.2) is 40.1 Å². The lowest BCUT2D eigenvalue weighted by molar-refractivity contribution is 0.0952. The van der Waals surface area contributed by atoms with E-state index in [9.17, 15) is 9.90 Å². The van der Waals surface area contributed by atoms with Crippen molar-refractivity contribution in [3.63, 3.8) is 0 Å². The van der Waals surface area contributed by atoms with Crippen molar-refractivity contribution in [1.82, 2.24) is 15.2 Å². The van der Waals surface area contributed by atoms with Crippen LogP contribution >= 0.6 is 0 Å². The summed E-state index contributed by atoms with van der Waals surface area (Å²) in [5, 5.41) is 13.6. The lowest BCUT2D eigenvalue weighted by Gasteiger charge is -2.18. The summed E-state index contributed by atoms with van der Waals surface area (Å²) in [7, 11) is 0. The number of β-amino-alcohol motifs (C(OH)–C–C–N with tert-alkyl or cyclic N) is 1. The number of nitrogens with one attached hydrogen (secondary N) is 1. The number of aliphatic hydroxyl groups is 1. The molecule has 27 heavy (non-hydrogen) atoms. The van der Waals surface area contributed by atoms with Crippen LogP contribution in [0.1, 0.15) is 27.9 Å². The number of hydrogen-bond acceptors (Lipinski definition) is 4. The van der Waals surface area contributed by atoms with Crippen molar-refractivity contribution in [3.8, 4) is 0 Å². The molecule has 1 aliphatic heterocycles. The first-order valence-electron chi connectivity index (χ1n) is 9.30. The zero-order valence-electron chi connectivity index (χ0n) is 15.1. The SMILES string of the molecule is O=C(NCc1ccccc1CN1CCC(O)C1)c1ccnc2ccccc12. The van der Waals surface area contributed by atoms with E-state index in [1.165, 1.54) is 5.56 Å². The maximum absolute atomic E-state index is 12.7. The standard InChI is InChI=1S/C22H23N3O2/c26-18-10-12-25(15-18)14-17-6-2-1-5-16(17)13-24-22(27)20-9-11-23-21-8-4-3-7-19(20)21/h1-9,11,18,26H,10,12-15H2,(H,24,27). The molecule has 2 N–H and O–H groups in total. The normalized spacial score (nSPS) is 17.3. The molecule has 2 heterocycles. The molecule has 3 aromatic rings. The predicted octanol–water partition coefficient (Wildman–Crippen LogP) is 2.73. The average Bonchev–Trinajstić information content (AvgIpc) is 3.11. The van der Waals surface area contributed by atoms with E-state index in [0.29, 0.717) is 18.7 Å². The first kappa shape index (κ1) is 17.6. The summed E-state index contributed by atoms with van der Waals surface area (Å²) < 4.78 is 0. The summed E-state index contributed by atoms with van der Waals surface area (Å²) in [4.78, 5) is 19.3. The molecule has 1 unspecified atom stereocenters. The number of rotatable bonds is 5. The maximum Gasteiger partial charge on any atom is 0.252 e. The molecule has 1 aromatic heterocycles. The number of hydrogen-bond donors (Lipinski definition) is 2. The fraction of sp³-hybridized carbons (Fsp3) is 0.273. The van der Waals surface area contributed by atoms with Gasteiger partial charge in [0.15, 0.2) is 0 Å². The molecule has 0 radical (unpaired) electrons. The van der Waals surface area contributed by atoms with Gasteiger partial charge in [-0.25, -0.2) is 0 Å². The van der Waals surface area contributed by atoms with Crippen LogP contribution in [0.15, 0.2) is 60.8 Å². The molecule has 138 valence electrons. The third kappa shape index (κ3) is 3.99. The molecule has 4 rings (SSSR count). The van der Waals surface area contributed by atoms with Gasteiger partial charge < -0.3 is 10.4 Å². The minimum absolute atomic E-state index is 0.0972. The van der Waals surface area contributed by atoms with Crippen molar-refractivity contribution in [2.75, 3.05) is 13.1 Å². The van der Waals surface area contributed by atoms with Crippen molar-refractivity contribution >= 4 is 16.8 Å². The monoisotopic (exact) mass is 361 g/mol. The van der Waals surface area contributed by atoms with Crippen LogP contribution < -0.4 is 5.32 Å². The zero-order chi connectivity index (χ0) is 18.6. The molecular formula is C22H23N3O2. The molecule has 1 fully saturated rings. The Labute approximate surface area is 158 Å². The number of para-hydroxylation sites is 1. The van der Waals surface area contributed by atoms with Crippen LogP contribution in [0.25, 0.3) is 10.9 Å². The van der Waals surface area contributed by atoms with Crippen LogP contribution in [0, 0.1) is 0 Å². The average molecular weight is 361 g/mol. The van der Waals surface area contributed by atoms with Gasteiger partial charge in [0.25, 0.3) is 5.91 Å². The molecule has 1 atom stereocenters. The number of fused-ring (bicyclic) bond motifs is 1. The molecule has 1 amide bonds. The fourth-order valence-electron chi connectivity index (χ4n) is 3.65. The second-order valence-electron chi connectivity index (χ2n) is 7.00. The Morgan fingerprint density at radius 3 is 2.70 bits per heavy atom. The zero-order valence-corrected chi connectivity index (χ0v) is 15.1. The van der Waals surface area contributed by atoms with Crippen LogP contribution in [-0.2, 0) is 13.1 Å².